The molecule has 55 heavy (non-hydrogen) atoms. The number of fused-ring (bicyclic) bond motifs is 1. The number of pyridine rings is 1. The van der Waals surface area contributed by atoms with Crippen LogP contribution >= 0.6 is 0 Å². The Morgan fingerprint density at radius 1 is 0.909 bits per heavy atom. The highest BCUT2D eigenvalue weighted by atomic mass is 19.1. The summed E-state index contributed by atoms with van der Waals surface area (Å²) in [5.74, 6) is 0.864. The average molecular weight is 743 g/mol. The summed E-state index contributed by atoms with van der Waals surface area (Å²) in [5.41, 5.74) is 5.16. The summed E-state index contributed by atoms with van der Waals surface area (Å²) in [5, 5.41) is 11.1. The molecule has 0 bridgehead atoms. The second-order valence-electron chi connectivity index (χ2n) is 15.0. The number of amides is 3. The van der Waals surface area contributed by atoms with Gasteiger partial charge in [-0.3, -0.25) is 30.0 Å². The van der Waals surface area contributed by atoms with Gasteiger partial charge < -0.3 is 24.6 Å². The number of nitrogens with one attached hydrogen (secondary N) is 3. The molecular weight excluding hydrogens is 700 g/mol. The van der Waals surface area contributed by atoms with Crippen molar-refractivity contribution in [3.8, 4) is 11.4 Å². The van der Waals surface area contributed by atoms with Gasteiger partial charge in [0.2, 0.25) is 11.8 Å². The first-order valence-electron chi connectivity index (χ1n) is 19.1. The Bertz CT molecular complexity index is 2190. The Kier molecular flexibility index (Phi) is 9.12. The number of hydrogen-bond acceptors (Lipinski definition) is 9. The minimum atomic E-state index is -0.607. The maximum atomic E-state index is 13.9. The van der Waals surface area contributed by atoms with E-state index in [-0.39, 0.29) is 30.1 Å². The van der Waals surface area contributed by atoms with Crippen molar-refractivity contribution >= 4 is 41.1 Å². The van der Waals surface area contributed by atoms with Gasteiger partial charge >= 0.3 is 0 Å². The summed E-state index contributed by atoms with van der Waals surface area (Å²) in [6.07, 6.45) is 7.77. The first-order valence-corrected chi connectivity index (χ1v) is 19.1. The average Bonchev–Trinajstić information content (AvgIpc) is 3.93. The first-order chi connectivity index (χ1) is 26.8. The number of carbonyl (C=O) groups is 3. The van der Waals surface area contributed by atoms with Gasteiger partial charge in [0.15, 0.2) is 0 Å². The van der Waals surface area contributed by atoms with Crippen molar-refractivity contribution in [2.45, 2.75) is 50.4 Å². The van der Waals surface area contributed by atoms with Crippen LogP contribution in [0.4, 0.5) is 15.9 Å². The highest BCUT2D eigenvalue weighted by molar-refractivity contribution is 6.05. The van der Waals surface area contributed by atoms with Gasteiger partial charge in [0.25, 0.3) is 5.91 Å². The van der Waals surface area contributed by atoms with Crippen LogP contribution in [0.5, 0.6) is 0 Å². The number of aromatic nitrogens is 3. The predicted molar refractivity (Wildman–Crippen MR) is 206 cm³/mol. The van der Waals surface area contributed by atoms with Crippen LogP contribution in [0.3, 0.4) is 0 Å². The molecule has 0 saturated carbocycles. The number of piperidine rings is 1. The number of H-pyrrole nitrogens is 1. The highest BCUT2D eigenvalue weighted by Gasteiger charge is 2.40. The Hall–Kier alpha value is -5.89. The normalized spacial score (nSPS) is 22.1. The maximum absolute atomic E-state index is 13.9. The smallest absolute Gasteiger partial charge is 0.255 e. The molecule has 0 aliphatic carbocycles. The Balaban J connectivity index is 0.768. The summed E-state index contributed by atoms with van der Waals surface area (Å²) in [6.45, 7) is 6.59. The largest absolute Gasteiger partial charge is 0.368 e. The summed E-state index contributed by atoms with van der Waals surface area (Å²) in [4.78, 5) is 60.8. The number of amidine groups is 1. The molecule has 0 spiro atoms. The molecule has 14 heteroatoms. The molecule has 7 heterocycles. The van der Waals surface area contributed by atoms with Crippen LogP contribution in [0.15, 0.2) is 72.9 Å². The molecule has 5 aliphatic heterocycles. The molecule has 4 saturated heterocycles. The molecule has 2 aromatic carbocycles. The Morgan fingerprint density at radius 2 is 1.75 bits per heavy atom. The van der Waals surface area contributed by atoms with Crippen LogP contribution in [0.2, 0.25) is 0 Å². The third-order valence-corrected chi connectivity index (χ3v) is 11.7. The lowest BCUT2D eigenvalue weighted by molar-refractivity contribution is -0.136. The third kappa shape index (κ3) is 6.86. The van der Waals surface area contributed by atoms with Crippen LogP contribution in [0.25, 0.3) is 17.5 Å². The van der Waals surface area contributed by atoms with Crippen molar-refractivity contribution in [1.29, 1.82) is 5.41 Å². The van der Waals surface area contributed by atoms with Crippen molar-refractivity contribution in [2.24, 2.45) is 0 Å². The number of nitrogens with zero attached hydrogens (tertiary/aromatic N) is 7. The number of aromatic amines is 1. The van der Waals surface area contributed by atoms with Crippen LogP contribution in [0.1, 0.15) is 59.0 Å². The number of imidazole rings is 1. The lowest BCUT2D eigenvalue weighted by atomic mass is 10.0. The second kappa shape index (κ2) is 14.4. The van der Waals surface area contributed by atoms with Crippen molar-refractivity contribution in [3.05, 3.63) is 101 Å². The monoisotopic (exact) mass is 742 g/mol. The molecule has 5 aliphatic rings. The summed E-state index contributed by atoms with van der Waals surface area (Å²) < 4.78 is 13.9. The van der Waals surface area contributed by atoms with Gasteiger partial charge in [0.05, 0.1) is 23.6 Å². The Labute approximate surface area is 318 Å². The van der Waals surface area contributed by atoms with Crippen LogP contribution in [-0.4, -0.2) is 111 Å². The standard InChI is InChI=1S/C41H43FN10O3/c42-28-5-1-4-26(20-28)34-7-3-15-51(34)36(43)12-13-37-44-22-33(45-37)32-6-2-8-38(46-32)49-18-16-48(17-19-49)30-24-50(25-30)29-9-10-31-27(21-29)23-52(41(31)55)35-11-14-39(53)47-40(35)54/h1-2,4-6,8-10,12-13,20-22,30,34-35,43H,3,7,11,14-19,23-25H2,(H,44,45)(H,47,53,54)/b13-12-,43-36?/t34-,35?/m1/s1. The number of anilines is 2. The van der Waals surface area contributed by atoms with E-state index in [9.17, 15) is 18.8 Å². The van der Waals surface area contributed by atoms with Crippen LogP contribution in [-0.2, 0) is 16.1 Å². The van der Waals surface area contributed by atoms with E-state index in [0.717, 1.165) is 92.7 Å². The molecule has 13 nitrogen and oxygen atoms in total. The molecule has 2 atom stereocenters. The van der Waals surface area contributed by atoms with E-state index in [2.05, 4.69) is 36.1 Å². The van der Waals surface area contributed by atoms with Gasteiger partial charge in [-0.15, -0.1) is 0 Å². The van der Waals surface area contributed by atoms with E-state index < -0.39 is 11.9 Å². The van der Waals surface area contributed by atoms with Gasteiger partial charge in [-0.1, -0.05) is 18.2 Å². The molecule has 3 N–H and O–H groups in total. The van der Waals surface area contributed by atoms with Gasteiger partial charge in [0.1, 0.15) is 29.3 Å². The highest BCUT2D eigenvalue weighted by Crippen LogP contribution is 2.34. The summed E-state index contributed by atoms with van der Waals surface area (Å²) in [6, 6.07) is 18.5. The molecule has 9 rings (SSSR count). The molecule has 1 unspecified atom stereocenters. The van der Waals surface area contributed by atoms with Gasteiger partial charge in [-0.2, -0.15) is 0 Å². The number of hydrogen-bond donors (Lipinski definition) is 3. The van der Waals surface area contributed by atoms with E-state index in [1.807, 2.05) is 41.3 Å². The fourth-order valence-corrected chi connectivity index (χ4v) is 8.64. The second-order valence-corrected chi connectivity index (χ2v) is 15.0. The van der Waals surface area contributed by atoms with Gasteiger partial charge in [-0.05, 0) is 85.0 Å². The Morgan fingerprint density at radius 3 is 2.56 bits per heavy atom. The maximum Gasteiger partial charge on any atom is 0.255 e. The van der Waals surface area contributed by atoms with E-state index >= 15 is 0 Å². The summed E-state index contributed by atoms with van der Waals surface area (Å²) >= 11 is 0. The van der Waals surface area contributed by atoms with E-state index in [1.165, 1.54) is 6.07 Å². The minimum absolute atomic E-state index is 0.00954. The lowest BCUT2D eigenvalue weighted by Gasteiger charge is -2.49. The zero-order valence-electron chi connectivity index (χ0n) is 30.5. The molecule has 0 radical (unpaired) electrons. The number of rotatable bonds is 8. The van der Waals surface area contributed by atoms with E-state index in [1.54, 1.807) is 35.4 Å². The SMILES string of the molecule is N=C(/C=C\c1ncc(-c2cccc(N3CCN(C4CN(c5ccc6c(c5)CN(C5CCC(=O)NC5=O)C6=O)C4)CC3)n2)[nH]1)N1CCC[C@@H]1c1cccc(F)c1. The predicted octanol–water partition coefficient (Wildman–Crippen LogP) is 4.21. The van der Waals surface area contributed by atoms with Crippen molar-refractivity contribution in [3.63, 3.8) is 0 Å². The number of benzene rings is 2. The van der Waals surface area contributed by atoms with Crippen molar-refractivity contribution in [2.75, 3.05) is 55.6 Å². The van der Waals surface area contributed by atoms with Crippen molar-refractivity contribution in [1.82, 2.24) is 35.0 Å². The first kappa shape index (κ1) is 34.9. The van der Waals surface area contributed by atoms with Gasteiger partial charge in [-0.25, -0.2) is 14.4 Å². The summed E-state index contributed by atoms with van der Waals surface area (Å²) in [7, 11) is 0. The number of imide groups is 1. The molecule has 3 amide bonds. The zero-order valence-corrected chi connectivity index (χ0v) is 30.5. The third-order valence-electron chi connectivity index (χ3n) is 11.7. The number of carbonyl (C=O) groups excluding carboxylic acids is 3. The lowest BCUT2D eigenvalue weighted by Crippen LogP contribution is -2.63. The zero-order chi connectivity index (χ0) is 37.6. The minimum Gasteiger partial charge on any atom is -0.368 e. The van der Waals surface area contributed by atoms with E-state index in [4.69, 9.17) is 10.4 Å². The van der Waals surface area contributed by atoms with E-state index in [0.29, 0.717) is 36.2 Å². The number of likely N-dealkylation sites (tertiary alicyclic amines) is 1. The number of piperazine rings is 1. The quantitative estimate of drug-likeness (QED) is 0.137. The molecular formula is C41H43FN10O3. The molecule has 4 aromatic rings. The topological polar surface area (TPSA) is 145 Å². The van der Waals surface area contributed by atoms with Crippen molar-refractivity contribution < 1.29 is 18.8 Å². The van der Waals surface area contributed by atoms with Crippen LogP contribution < -0.4 is 15.1 Å². The number of halogens is 1. The molecule has 282 valence electrons. The fraction of sp³-hybridized carbons (Fsp3) is 0.366. The molecule has 4 fully saturated rings. The molecule has 2 aromatic heterocycles. The van der Waals surface area contributed by atoms with Crippen LogP contribution in [0, 0.1) is 11.2 Å². The fourth-order valence-electron chi connectivity index (χ4n) is 8.64. The van der Waals surface area contributed by atoms with Gasteiger partial charge in [0, 0.05) is 76.1 Å².